The molecule has 0 saturated heterocycles. The van der Waals surface area contributed by atoms with Gasteiger partial charge in [-0.15, -0.1) is 11.3 Å². The van der Waals surface area contributed by atoms with Crippen LogP contribution >= 0.6 is 11.3 Å². The lowest BCUT2D eigenvalue weighted by atomic mass is 10.2. The van der Waals surface area contributed by atoms with Gasteiger partial charge < -0.3 is 10.1 Å². The molecule has 0 atom stereocenters. The molecule has 0 spiro atoms. The quantitative estimate of drug-likeness (QED) is 0.520. The Morgan fingerprint density at radius 1 is 1.50 bits per heavy atom. The highest BCUT2D eigenvalue weighted by molar-refractivity contribution is 7.14. The molecule has 2 rings (SSSR count). The van der Waals surface area contributed by atoms with E-state index in [1.54, 1.807) is 30.5 Å². The number of carbonyl (C=O) groups is 1. The Labute approximate surface area is 130 Å². The number of anilines is 1. The molecule has 0 aliphatic carbocycles. The molecule has 0 aliphatic rings. The van der Waals surface area contributed by atoms with Gasteiger partial charge in [-0.2, -0.15) is 5.26 Å². The van der Waals surface area contributed by atoms with Gasteiger partial charge in [0.15, 0.2) is 10.7 Å². The zero-order chi connectivity index (χ0) is 15.9. The third kappa shape index (κ3) is 3.90. The van der Waals surface area contributed by atoms with Crippen LogP contribution in [-0.4, -0.2) is 17.6 Å². The number of nitriles is 1. The molecule has 2 aromatic rings. The van der Waals surface area contributed by atoms with E-state index in [0.29, 0.717) is 10.8 Å². The Hall–Kier alpha value is -2.72. The maximum Gasteiger partial charge on any atom is 0.350 e. The number of carbonyl (C=O) groups excluding carboxylic acids is 1. The van der Waals surface area contributed by atoms with Crippen molar-refractivity contribution in [2.75, 3.05) is 11.9 Å². The van der Waals surface area contributed by atoms with Gasteiger partial charge >= 0.3 is 5.97 Å². The molecule has 0 bridgehead atoms. The molecule has 0 amide bonds. The maximum atomic E-state index is 12.9. The van der Waals surface area contributed by atoms with Crippen LogP contribution in [0.4, 0.5) is 9.52 Å². The lowest BCUT2D eigenvalue weighted by Crippen LogP contribution is -2.07. The summed E-state index contributed by atoms with van der Waals surface area (Å²) in [6.07, 6.45) is 1.26. The highest BCUT2D eigenvalue weighted by Gasteiger charge is 2.10. The largest absolute Gasteiger partial charge is 0.462 e. The van der Waals surface area contributed by atoms with E-state index >= 15 is 0 Å². The minimum atomic E-state index is -0.687. The molecule has 1 N–H and O–H groups in total. The van der Waals surface area contributed by atoms with E-state index in [-0.39, 0.29) is 18.0 Å². The summed E-state index contributed by atoms with van der Waals surface area (Å²) in [6, 6.07) is 7.73. The number of nitrogens with zero attached hydrogens (tertiary/aromatic N) is 2. The summed E-state index contributed by atoms with van der Waals surface area (Å²) in [7, 11) is 0. The predicted octanol–water partition coefficient (Wildman–Crippen LogP) is 3.33. The van der Waals surface area contributed by atoms with Crippen LogP contribution in [0.1, 0.15) is 6.92 Å². The minimum Gasteiger partial charge on any atom is -0.462 e. The lowest BCUT2D eigenvalue weighted by molar-refractivity contribution is -0.138. The summed E-state index contributed by atoms with van der Waals surface area (Å²) < 4.78 is 17.6. The van der Waals surface area contributed by atoms with Crippen LogP contribution in [-0.2, 0) is 9.53 Å². The maximum absolute atomic E-state index is 12.9. The van der Waals surface area contributed by atoms with Gasteiger partial charge in [-0.3, -0.25) is 0 Å². The number of aromatic nitrogens is 1. The van der Waals surface area contributed by atoms with Crippen LogP contribution in [0.15, 0.2) is 41.4 Å². The van der Waals surface area contributed by atoms with Crippen LogP contribution in [0.2, 0.25) is 0 Å². The second-order valence-corrected chi connectivity index (χ2v) is 4.94. The van der Waals surface area contributed by atoms with Crippen molar-refractivity contribution in [3.05, 3.63) is 47.2 Å². The average Bonchev–Trinajstić information content (AvgIpc) is 2.98. The average molecular weight is 317 g/mol. The Kier molecular flexibility index (Phi) is 5.22. The molecule has 7 heteroatoms. The number of benzene rings is 1. The Balaban J connectivity index is 2.10. The van der Waals surface area contributed by atoms with Gasteiger partial charge in [0.05, 0.1) is 12.3 Å². The Morgan fingerprint density at radius 3 is 2.86 bits per heavy atom. The first kappa shape index (κ1) is 15.7. The molecule has 5 nitrogen and oxygen atoms in total. The number of thiazole rings is 1. The highest BCUT2D eigenvalue weighted by atomic mass is 32.1. The number of esters is 1. The molecule has 1 aromatic heterocycles. The van der Waals surface area contributed by atoms with E-state index in [9.17, 15) is 9.18 Å². The molecule has 0 unspecified atom stereocenters. The van der Waals surface area contributed by atoms with Crippen molar-refractivity contribution in [2.45, 2.75) is 6.92 Å². The van der Waals surface area contributed by atoms with Crippen molar-refractivity contribution in [1.82, 2.24) is 4.98 Å². The van der Waals surface area contributed by atoms with E-state index in [2.05, 4.69) is 10.3 Å². The molecule has 0 saturated carbocycles. The molecule has 22 heavy (non-hydrogen) atoms. The summed E-state index contributed by atoms with van der Waals surface area (Å²) in [6.45, 7) is 1.86. The minimum absolute atomic E-state index is 0.139. The lowest BCUT2D eigenvalue weighted by Gasteiger charge is -2.00. The molecule has 0 aliphatic heterocycles. The zero-order valence-electron chi connectivity index (χ0n) is 11.7. The molecule has 0 radical (unpaired) electrons. The summed E-state index contributed by atoms with van der Waals surface area (Å²) in [5, 5.41) is 14.0. The fraction of sp³-hybridized carbons (Fsp3) is 0.133. The smallest absolute Gasteiger partial charge is 0.350 e. The standard InChI is InChI=1S/C15H12FN3O2S/c1-2-21-14(20)11(7-17)8-18-15-19-13(9-22-15)10-3-5-12(16)6-4-10/h3-6,8-9H,2H2,1H3,(H,18,19)/b11-8+. The number of nitrogens with one attached hydrogen (secondary N) is 1. The predicted molar refractivity (Wildman–Crippen MR) is 81.5 cm³/mol. The van der Waals surface area contributed by atoms with E-state index in [1.165, 1.54) is 29.7 Å². The number of ether oxygens (including phenoxy) is 1. The molecule has 0 fully saturated rings. The second-order valence-electron chi connectivity index (χ2n) is 4.08. The first-order valence-corrected chi connectivity index (χ1v) is 7.27. The van der Waals surface area contributed by atoms with E-state index in [1.807, 2.05) is 0 Å². The Bertz CT molecular complexity index is 732. The fourth-order valence-electron chi connectivity index (χ4n) is 1.57. The third-order valence-electron chi connectivity index (χ3n) is 2.60. The van der Waals surface area contributed by atoms with Crippen molar-refractivity contribution in [3.8, 4) is 17.3 Å². The topological polar surface area (TPSA) is 75.0 Å². The van der Waals surface area contributed by atoms with E-state index in [0.717, 1.165) is 5.56 Å². The van der Waals surface area contributed by atoms with Crippen LogP contribution in [0, 0.1) is 17.1 Å². The second kappa shape index (κ2) is 7.33. The van der Waals surface area contributed by atoms with Crippen LogP contribution in [0.5, 0.6) is 0 Å². The fourth-order valence-corrected chi connectivity index (χ4v) is 2.26. The summed E-state index contributed by atoms with van der Waals surface area (Å²) in [4.78, 5) is 15.7. The van der Waals surface area contributed by atoms with Gasteiger partial charge in [0, 0.05) is 17.1 Å². The van der Waals surface area contributed by atoms with Gasteiger partial charge in [-0.05, 0) is 31.2 Å². The first-order chi connectivity index (χ1) is 10.6. The number of rotatable bonds is 5. The van der Waals surface area contributed by atoms with Crippen LogP contribution < -0.4 is 5.32 Å². The number of halogens is 1. The molecule has 1 heterocycles. The van der Waals surface area contributed by atoms with Gasteiger partial charge in [0.1, 0.15) is 11.9 Å². The summed E-state index contributed by atoms with van der Waals surface area (Å²) >= 11 is 1.30. The monoisotopic (exact) mass is 317 g/mol. The van der Waals surface area contributed by atoms with Crippen molar-refractivity contribution in [2.24, 2.45) is 0 Å². The van der Waals surface area contributed by atoms with Crippen LogP contribution in [0.25, 0.3) is 11.3 Å². The van der Waals surface area contributed by atoms with Crippen LogP contribution in [0.3, 0.4) is 0 Å². The van der Waals surface area contributed by atoms with Crippen molar-refractivity contribution in [1.29, 1.82) is 5.26 Å². The zero-order valence-corrected chi connectivity index (χ0v) is 12.5. The first-order valence-electron chi connectivity index (χ1n) is 6.39. The van der Waals surface area contributed by atoms with Crippen molar-refractivity contribution < 1.29 is 13.9 Å². The third-order valence-corrected chi connectivity index (χ3v) is 3.37. The number of hydrogen-bond donors (Lipinski definition) is 1. The van der Waals surface area contributed by atoms with Gasteiger partial charge in [0.2, 0.25) is 0 Å². The molecular weight excluding hydrogens is 305 g/mol. The van der Waals surface area contributed by atoms with Crippen molar-refractivity contribution in [3.63, 3.8) is 0 Å². The van der Waals surface area contributed by atoms with E-state index in [4.69, 9.17) is 10.00 Å². The molecular formula is C15H12FN3O2S. The van der Waals surface area contributed by atoms with E-state index < -0.39 is 5.97 Å². The Morgan fingerprint density at radius 2 is 2.23 bits per heavy atom. The SMILES string of the molecule is CCOC(=O)/C(C#N)=C/Nc1nc(-c2ccc(F)cc2)cs1. The normalized spacial score (nSPS) is 10.9. The van der Waals surface area contributed by atoms with Gasteiger partial charge in [-0.1, -0.05) is 0 Å². The molecule has 112 valence electrons. The van der Waals surface area contributed by atoms with Gasteiger partial charge in [0.25, 0.3) is 0 Å². The van der Waals surface area contributed by atoms with Crippen molar-refractivity contribution >= 4 is 22.4 Å². The summed E-state index contributed by atoms with van der Waals surface area (Å²) in [5.74, 6) is -0.999. The summed E-state index contributed by atoms with van der Waals surface area (Å²) in [5.41, 5.74) is 1.32. The highest BCUT2D eigenvalue weighted by Crippen LogP contribution is 2.25. The number of hydrogen-bond acceptors (Lipinski definition) is 6. The van der Waals surface area contributed by atoms with Gasteiger partial charge in [-0.25, -0.2) is 14.2 Å². The molecule has 1 aromatic carbocycles.